The van der Waals surface area contributed by atoms with Crippen molar-refractivity contribution in [2.75, 3.05) is 0 Å². The second kappa shape index (κ2) is 5.37. The molecule has 0 saturated heterocycles. The highest BCUT2D eigenvalue weighted by Crippen LogP contribution is 2.31. The second-order valence-electron chi connectivity index (χ2n) is 4.05. The number of aromatic nitrogens is 1. The Kier molecular flexibility index (Phi) is 3.82. The predicted molar refractivity (Wildman–Crippen MR) is 68.9 cm³/mol. The molecular formula is C14H10F2N2S. The third kappa shape index (κ3) is 2.91. The lowest BCUT2D eigenvalue weighted by Crippen LogP contribution is -1.94. The largest absolute Gasteiger partial charge is 0.245 e. The van der Waals surface area contributed by atoms with Crippen molar-refractivity contribution in [3.8, 4) is 6.07 Å². The van der Waals surface area contributed by atoms with E-state index in [1.165, 1.54) is 6.07 Å². The van der Waals surface area contributed by atoms with E-state index >= 15 is 0 Å². The van der Waals surface area contributed by atoms with Gasteiger partial charge in [0, 0.05) is 10.6 Å². The van der Waals surface area contributed by atoms with Crippen LogP contribution in [0, 0.1) is 36.8 Å². The molecular weight excluding hydrogens is 266 g/mol. The van der Waals surface area contributed by atoms with E-state index in [-0.39, 0.29) is 0 Å². The maximum Gasteiger partial charge on any atom is 0.159 e. The fraction of sp³-hybridized carbons (Fsp3) is 0.143. The zero-order chi connectivity index (χ0) is 14.0. The highest BCUT2D eigenvalue weighted by molar-refractivity contribution is 7.99. The summed E-state index contributed by atoms with van der Waals surface area (Å²) in [6, 6.07) is 7.52. The van der Waals surface area contributed by atoms with Crippen molar-refractivity contribution in [2.24, 2.45) is 0 Å². The molecule has 0 aliphatic heterocycles. The van der Waals surface area contributed by atoms with Crippen LogP contribution < -0.4 is 0 Å². The van der Waals surface area contributed by atoms with Crippen LogP contribution in [0.4, 0.5) is 8.78 Å². The van der Waals surface area contributed by atoms with Crippen molar-refractivity contribution in [1.29, 1.82) is 5.26 Å². The average molecular weight is 276 g/mol. The summed E-state index contributed by atoms with van der Waals surface area (Å²) in [5.74, 6) is -1.80. The molecule has 0 aliphatic carbocycles. The molecule has 1 aromatic carbocycles. The van der Waals surface area contributed by atoms with Crippen molar-refractivity contribution in [3.05, 3.63) is 52.7 Å². The van der Waals surface area contributed by atoms with Gasteiger partial charge in [0.25, 0.3) is 0 Å². The van der Waals surface area contributed by atoms with E-state index in [0.29, 0.717) is 15.5 Å². The molecule has 1 aromatic heterocycles. The summed E-state index contributed by atoms with van der Waals surface area (Å²) < 4.78 is 26.0. The molecule has 0 unspecified atom stereocenters. The van der Waals surface area contributed by atoms with Crippen LogP contribution in [0.5, 0.6) is 0 Å². The molecule has 0 N–H and O–H groups in total. The second-order valence-corrected chi connectivity index (χ2v) is 5.11. The molecule has 0 radical (unpaired) electrons. The zero-order valence-electron chi connectivity index (χ0n) is 10.4. The first kappa shape index (κ1) is 13.5. The van der Waals surface area contributed by atoms with Crippen molar-refractivity contribution in [2.45, 2.75) is 23.8 Å². The Morgan fingerprint density at radius 1 is 1.16 bits per heavy atom. The summed E-state index contributed by atoms with van der Waals surface area (Å²) in [6.45, 7) is 3.64. The van der Waals surface area contributed by atoms with Gasteiger partial charge in [0.15, 0.2) is 11.6 Å². The SMILES string of the molecule is Cc1cc(C)c(C#N)c(Sc2ccc(F)c(F)c2)n1. The smallest absolute Gasteiger partial charge is 0.159 e. The van der Waals surface area contributed by atoms with Gasteiger partial charge in [-0.15, -0.1) is 0 Å². The number of halogens is 2. The molecule has 0 spiro atoms. The van der Waals surface area contributed by atoms with Crippen LogP contribution in [0.1, 0.15) is 16.8 Å². The molecule has 2 aromatic rings. The number of hydrogen-bond donors (Lipinski definition) is 0. The summed E-state index contributed by atoms with van der Waals surface area (Å²) in [5, 5.41) is 9.64. The normalized spacial score (nSPS) is 10.3. The fourth-order valence-electron chi connectivity index (χ4n) is 1.66. The molecule has 2 rings (SSSR count). The molecule has 0 atom stereocenters. The Labute approximate surface area is 114 Å². The number of pyridine rings is 1. The maximum absolute atomic E-state index is 13.1. The lowest BCUT2D eigenvalue weighted by atomic mass is 10.1. The minimum absolute atomic E-state index is 0.459. The van der Waals surface area contributed by atoms with Gasteiger partial charge in [-0.05, 0) is 43.7 Å². The Bertz CT molecular complexity index is 678. The quantitative estimate of drug-likeness (QED) is 0.832. The Balaban J connectivity index is 2.43. The maximum atomic E-state index is 13.1. The highest BCUT2D eigenvalue weighted by Gasteiger charge is 2.11. The van der Waals surface area contributed by atoms with E-state index in [1.54, 1.807) is 0 Å². The summed E-state index contributed by atoms with van der Waals surface area (Å²) in [5.41, 5.74) is 2.06. The van der Waals surface area contributed by atoms with Crippen LogP contribution in [0.15, 0.2) is 34.2 Å². The molecule has 0 aliphatic rings. The van der Waals surface area contributed by atoms with E-state index in [1.807, 2.05) is 19.9 Å². The van der Waals surface area contributed by atoms with Crippen LogP contribution >= 0.6 is 11.8 Å². The molecule has 0 saturated carbocycles. The van der Waals surface area contributed by atoms with Gasteiger partial charge in [-0.3, -0.25) is 0 Å². The monoisotopic (exact) mass is 276 g/mol. The standard InChI is InChI=1S/C14H10F2N2S/c1-8-5-9(2)18-14(11(8)7-17)19-10-3-4-12(15)13(16)6-10/h3-6H,1-2H3. The van der Waals surface area contributed by atoms with Crippen molar-refractivity contribution < 1.29 is 8.78 Å². The number of nitrogens with zero attached hydrogens (tertiary/aromatic N) is 2. The molecule has 0 fully saturated rings. The van der Waals surface area contributed by atoms with E-state index < -0.39 is 11.6 Å². The van der Waals surface area contributed by atoms with Crippen molar-refractivity contribution >= 4 is 11.8 Å². The molecule has 0 bridgehead atoms. The highest BCUT2D eigenvalue weighted by atomic mass is 32.2. The summed E-state index contributed by atoms with van der Waals surface area (Å²) >= 11 is 1.15. The summed E-state index contributed by atoms with van der Waals surface area (Å²) in [7, 11) is 0. The van der Waals surface area contributed by atoms with E-state index in [9.17, 15) is 8.78 Å². The molecule has 19 heavy (non-hydrogen) atoms. The average Bonchev–Trinajstić information content (AvgIpc) is 2.33. The number of hydrogen-bond acceptors (Lipinski definition) is 3. The van der Waals surface area contributed by atoms with Gasteiger partial charge < -0.3 is 0 Å². The minimum atomic E-state index is -0.909. The van der Waals surface area contributed by atoms with E-state index in [4.69, 9.17) is 5.26 Å². The van der Waals surface area contributed by atoms with Gasteiger partial charge in [-0.25, -0.2) is 13.8 Å². The van der Waals surface area contributed by atoms with Gasteiger partial charge in [0.2, 0.25) is 0 Å². The van der Waals surface area contributed by atoms with Crippen LogP contribution in [-0.4, -0.2) is 4.98 Å². The summed E-state index contributed by atoms with van der Waals surface area (Å²) in [6.07, 6.45) is 0. The Morgan fingerprint density at radius 3 is 2.53 bits per heavy atom. The first-order valence-electron chi connectivity index (χ1n) is 5.52. The summed E-state index contributed by atoms with van der Waals surface area (Å²) in [4.78, 5) is 4.78. The third-order valence-electron chi connectivity index (χ3n) is 2.53. The molecule has 0 amide bonds. The number of rotatable bonds is 2. The first-order chi connectivity index (χ1) is 9.01. The minimum Gasteiger partial charge on any atom is -0.245 e. The number of nitriles is 1. The molecule has 96 valence electrons. The van der Waals surface area contributed by atoms with Gasteiger partial charge in [0.1, 0.15) is 11.1 Å². The van der Waals surface area contributed by atoms with E-state index in [2.05, 4.69) is 11.1 Å². The first-order valence-corrected chi connectivity index (χ1v) is 6.34. The van der Waals surface area contributed by atoms with Crippen LogP contribution in [0.2, 0.25) is 0 Å². The van der Waals surface area contributed by atoms with Gasteiger partial charge in [0.05, 0.1) is 5.56 Å². The molecule has 2 nitrogen and oxygen atoms in total. The Hall–Kier alpha value is -1.93. The van der Waals surface area contributed by atoms with Crippen molar-refractivity contribution in [1.82, 2.24) is 4.98 Å². The lowest BCUT2D eigenvalue weighted by molar-refractivity contribution is 0.506. The predicted octanol–water partition coefficient (Wildman–Crippen LogP) is 4.00. The van der Waals surface area contributed by atoms with Crippen LogP contribution in [0.3, 0.4) is 0 Å². The molecule has 1 heterocycles. The van der Waals surface area contributed by atoms with E-state index in [0.717, 1.165) is 35.2 Å². The molecule has 5 heteroatoms. The fourth-order valence-corrected chi connectivity index (χ4v) is 2.68. The van der Waals surface area contributed by atoms with Crippen LogP contribution in [0.25, 0.3) is 0 Å². The number of benzene rings is 1. The zero-order valence-corrected chi connectivity index (χ0v) is 11.2. The van der Waals surface area contributed by atoms with Gasteiger partial charge >= 0.3 is 0 Å². The Morgan fingerprint density at radius 2 is 1.89 bits per heavy atom. The van der Waals surface area contributed by atoms with Gasteiger partial charge in [-0.1, -0.05) is 11.8 Å². The number of aryl methyl sites for hydroxylation is 2. The van der Waals surface area contributed by atoms with Gasteiger partial charge in [-0.2, -0.15) is 5.26 Å². The lowest BCUT2D eigenvalue weighted by Gasteiger charge is -2.07. The topological polar surface area (TPSA) is 36.7 Å². The van der Waals surface area contributed by atoms with Crippen molar-refractivity contribution in [3.63, 3.8) is 0 Å². The third-order valence-corrected chi connectivity index (χ3v) is 3.51. The van der Waals surface area contributed by atoms with Crippen LogP contribution in [-0.2, 0) is 0 Å².